The zero-order valence-corrected chi connectivity index (χ0v) is 11.8. The SMILES string of the molecule is CC1(C)C2CN(C(=O)C3CCCC(C(=O)O)C3)CC21. The van der Waals surface area contributed by atoms with Gasteiger partial charge in [-0.15, -0.1) is 0 Å². The number of carbonyl (C=O) groups excluding carboxylic acids is 1. The molecule has 0 spiro atoms. The van der Waals surface area contributed by atoms with E-state index in [1.807, 2.05) is 4.90 Å². The Hall–Kier alpha value is -1.06. The van der Waals surface area contributed by atoms with Gasteiger partial charge in [0.25, 0.3) is 0 Å². The molecule has 0 radical (unpaired) electrons. The maximum Gasteiger partial charge on any atom is 0.306 e. The fourth-order valence-corrected chi connectivity index (χ4v) is 4.21. The lowest BCUT2D eigenvalue weighted by Gasteiger charge is -2.31. The monoisotopic (exact) mass is 265 g/mol. The van der Waals surface area contributed by atoms with Crippen LogP contribution < -0.4 is 0 Å². The molecular formula is C15H23NO3. The fourth-order valence-electron chi connectivity index (χ4n) is 4.21. The van der Waals surface area contributed by atoms with Crippen LogP contribution in [0.2, 0.25) is 0 Å². The number of nitrogens with zero attached hydrogens (tertiary/aromatic N) is 1. The number of rotatable bonds is 2. The number of piperidine rings is 1. The molecular weight excluding hydrogens is 242 g/mol. The van der Waals surface area contributed by atoms with E-state index in [2.05, 4.69) is 13.8 Å². The Kier molecular flexibility index (Phi) is 2.88. The Morgan fingerprint density at radius 3 is 2.26 bits per heavy atom. The Bertz CT molecular complexity index is 404. The number of likely N-dealkylation sites (tertiary alicyclic amines) is 1. The van der Waals surface area contributed by atoms with Gasteiger partial charge in [-0.05, 0) is 36.5 Å². The predicted molar refractivity (Wildman–Crippen MR) is 70.4 cm³/mol. The number of carboxylic acids is 1. The molecule has 19 heavy (non-hydrogen) atoms. The molecule has 0 bridgehead atoms. The van der Waals surface area contributed by atoms with E-state index < -0.39 is 5.97 Å². The molecule has 3 fully saturated rings. The minimum Gasteiger partial charge on any atom is -0.481 e. The van der Waals surface area contributed by atoms with Gasteiger partial charge in [0.05, 0.1) is 5.92 Å². The molecule has 1 saturated heterocycles. The van der Waals surface area contributed by atoms with Crippen LogP contribution in [0.4, 0.5) is 0 Å². The molecule has 2 aliphatic carbocycles. The van der Waals surface area contributed by atoms with Crippen LogP contribution in [0.3, 0.4) is 0 Å². The van der Waals surface area contributed by atoms with Crippen LogP contribution in [0, 0.1) is 29.1 Å². The lowest BCUT2D eigenvalue weighted by Crippen LogP contribution is -2.40. The van der Waals surface area contributed by atoms with Gasteiger partial charge < -0.3 is 10.0 Å². The van der Waals surface area contributed by atoms with E-state index in [4.69, 9.17) is 5.11 Å². The summed E-state index contributed by atoms with van der Waals surface area (Å²) in [5.41, 5.74) is 0.424. The summed E-state index contributed by atoms with van der Waals surface area (Å²) in [6, 6.07) is 0. The highest BCUT2D eigenvalue weighted by molar-refractivity contribution is 5.81. The average molecular weight is 265 g/mol. The molecule has 1 N–H and O–H groups in total. The standard InChI is InChI=1S/C15H23NO3/c1-15(2)11-7-16(8-12(11)15)13(17)9-4-3-5-10(6-9)14(18)19/h9-12H,3-8H2,1-2H3,(H,18,19). The molecule has 3 rings (SSSR count). The van der Waals surface area contributed by atoms with Gasteiger partial charge in [0, 0.05) is 19.0 Å². The first kappa shape index (κ1) is 12.9. The van der Waals surface area contributed by atoms with Gasteiger partial charge in [-0.25, -0.2) is 0 Å². The summed E-state index contributed by atoms with van der Waals surface area (Å²) in [6.07, 6.45) is 3.03. The molecule has 4 nitrogen and oxygen atoms in total. The molecule has 2 saturated carbocycles. The Balaban J connectivity index is 1.58. The van der Waals surface area contributed by atoms with Crippen molar-refractivity contribution in [1.29, 1.82) is 0 Å². The van der Waals surface area contributed by atoms with Crippen LogP contribution in [-0.4, -0.2) is 35.0 Å². The highest BCUT2D eigenvalue weighted by Gasteiger charge is 2.62. The number of carboxylic acid groups (broad SMARTS) is 1. The van der Waals surface area contributed by atoms with E-state index in [0.29, 0.717) is 23.7 Å². The molecule has 0 aromatic carbocycles. The predicted octanol–water partition coefficient (Wildman–Crippen LogP) is 1.99. The van der Waals surface area contributed by atoms with Crippen LogP contribution in [0.5, 0.6) is 0 Å². The molecule has 3 aliphatic rings. The normalized spacial score (nSPS) is 39.8. The van der Waals surface area contributed by atoms with Crippen molar-refractivity contribution < 1.29 is 14.7 Å². The molecule has 1 aliphatic heterocycles. The van der Waals surface area contributed by atoms with Crippen LogP contribution in [-0.2, 0) is 9.59 Å². The first-order valence-corrected chi connectivity index (χ1v) is 7.43. The summed E-state index contributed by atoms with van der Waals surface area (Å²) in [7, 11) is 0. The van der Waals surface area contributed by atoms with Gasteiger partial charge in [0.1, 0.15) is 0 Å². The first-order chi connectivity index (χ1) is 8.91. The van der Waals surface area contributed by atoms with Crippen LogP contribution in [0.15, 0.2) is 0 Å². The van der Waals surface area contributed by atoms with Gasteiger partial charge in [0.15, 0.2) is 0 Å². The van der Waals surface area contributed by atoms with E-state index >= 15 is 0 Å². The summed E-state index contributed by atoms with van der Waals surface area (Å²) >= 11 is 0. The number of carbonyl (C=O) groups is 2. The van der Waals surface area contributed by atoms with Gasteiger partial charge in [-0.3, -0.25) is 9.59 Å². The summed E-state index contributed by atoms with van der Waals surface area (Å²) < 4.78 is 0. The number of hydrogen-bond donors (Lipinski definition) is 1. The van der Waals surface area contributed by atoms with Crippen molar-refractivity contribution in [3.63, 3.8) is 0 Å². The maximum absolute atomic E-state index is 12.5. The second kappa shape index (κ2) is 4.22. The lowest BCUT2D eigenvalue weighted by molar-refractivity contribution is -0.145. The Morgan fingerprint density at radius 2 is 1.68 bits per heavy atom. The molecule has 4 heteroatoms. The zero-order valence-electron chi connectivity index (χ0n) is 11.8. The third-order valence-electron chi connectivity index (χ3n) is 5.81. The van der Waals surface area contributed by atoms with Crippen molar-refractivity contribution in [2.24, 2.45) is 29.1 Å². The number of fused-ring (bicyclic) bond motifs is 1. The highest BCUT2D eigenvalue weighted by Crippen LogP contribution is 2.62. The lowest BCUT2D eigenvalue weighted by atomic mass is 9.80. The van der Waals surface area contributed by atoms with Crippen molar-refractivity contribution in [2.75, 3.05) is 13.1 Å². The van der Waals surface area contributed by atoms with Crippen molar-refractivity contribution in [3.05, 3.63) is 0 Å². The van der Waals surface area contributed by atoms with E-state index in [1.54, 1.807) is 0 Å². The molecule has 4 atom stereocenters. The van der Waals surface area contributed by atoms with Gasteiger partial charge in [-0.2, -0.15) is 0 Å². The molecule has 0 aromatic heterocycles. The van der Waals surface area contributed by atoms with E-state index in [1.165, 1.54) is 0 Å². The van der Waals surface area contributed by atoms with Crippen molar-refractivity contribution in [2.45, 2.75) is 39.5 Å². The van der Waals surface area contributed by atoms with E-state index in [0.717, 1.165) is 32.4 Å². The molecule has 0 aromatic rings. The highest BCUT2D eigenvalue weighted by atomic mass is 16.4. The number of aliphatic carboxylic acids is 1. The third kappa shape index (κ3) is 2.05. The van der Waals surface area contributed by atoms with Crippen LogP contribution in [0.1, 0.15) is 39.5 Å². The quantitative estimate of drug-likeness (QED) is 0.830. The smallest absolute Gasteiger partial charge is 0.306 e. The minimum atomic E-state index is -0.733. The van der Waals surface area contributed by atoms with Crippen molar-refractivity contribution in [1.82, 2.24) is 4.90 Å². The second-order valence-corrected chi connectivity index (χ2v) is 7.18. The third-order valence-corrected chi connectivity index (χ3v) is 5.81. The summed E-state index contributed by atoms with van der Waals surface area (Å²) in [6.45, 7) is 6.35. The molecule has 4 unspecified atom stereocenters. The Labute approximate surface area is 114 Å². The number of amides is 1. The van der Waals surface area contributed by atoms with Gasteiger partial charge >= 0.3 is 5.97 Å². The summed E-state index contributed by atoms with van der Waals surface area (Å²) in [5.74, 6) is 0.481. The average Bonchev–Trinajstić information content (AvgIpc) is 2.79. The zero-order chi connectivity index (χ0) is 13.8. The van der Waals surface area contributed by atoms with Crippen LogP contribution in [0.25, 0.3) is 0 Å². The fraction of sp³-hybridized carbons (Fsp3) is 0.867. The summed E-state index contributed by atoms with van der Waals surface area (Å²) in [5, 5.41) is 9.10. The van der Waals surface area contributed by atoms with Crippen molar-refractivity contribution in [3.8, 4) is 0 Å². The maximum atomic E-state index is 12.5. The molecule has 106 valence electrons. The Morgan fingerprint density at radius 1 is 1.11 bits per heavy atom. The topological polar surface area (TPSA) is 57.6 Å². The summed E-state index contributed by atoms with van der Waals surface area (Å²) in [4.78, 5) is 25.5. The second-order valence-electron chi connectivity index (χ2n) is 7.18. The van der Waals surface area contributed by atoms with E-state index in [9.17, 15) is 9.59 Å². The van der Waals surface area contributed by atoms with Gasteiger partial charge in [-0.1, -0.05) is 20.3 Å². The van der Waals surface area contributed by atoms with Gasteiger partial charge in [0.2, 0.25) is 5.91 Å². The molecule has 1 heterocycles. The number of hydrogen-bond acceptors (Lipinski definition) is 2. The molecule has 1 amide bonds. The van der Waals surface area contributed by atoms with Crippen LogP contribution >= 0.6 is 0 Å². The first-order valence-electron chi connectivity index (χ1n) is 7.43. The van der Waals surface area contributed by atoms with E-state index in [-0.39, 0.29) is 17.7 Å². The van der Waals surface area contributed by atoms with Crippen molar-refractivity contribution >= 4 is 11.9 Å². The largest absolute Gasteiger partial charge is 0.481 e. The minimum absolute atomic E-state index is 0.0459.